The first-order valence-electron chi connectivity index (χ1n) is 7.55. The van der Waals surface area contributed by atoms with E-state index in [9.17, 15) is 9.59 Å². The molecule has 5 heteroatoms. The second-order valence-electron chi connectivity index (χ2n) is 5.59. The third kappa shape index (κ3) is 3.88. The Morgan fingerprint density at radius 3 is 2.61 bits per heavy atom. The summed E-state index contributed by atoms with van der Waals surface area (Å²) >= 11 is 0. The Morgan fingerprint density at radius 2 is 1.96 bits per heavy atom. The summed E-state index contributed by atoms with van der Waals surface area (Å²) in [5.41, 5.74) is 1.80. The average molecular weight is 310 g/mol. The predicted molar refractivity (Wildman–Crippen MR) is 87.5 cm³/mol. The van der Waals surface area contributed by atoms with Crippen molar-refractivity contribution in [2.24, 2.45) is 0 Å². The first-order valence-corrected chi connectivity index (χ1v) is 7.55. The molecule has 3 rings (SSSR count). The fraction of sp³-hybridized carbons (Fsp3) is 0.222. The van der Waals surface area contributed by atoms with Gasteiger partial charge >= 0.3 is 0 Å². The van der Waals surface area contributed by atoms with E-state index in [4.69, 9.17) is 4.74 Å². The first-order chi connectivity index (χ1) is 11.1. The molecule has 0 bridgehead atoms. The van der Waals surface area contributed by atoms with Crippen molar-refractivity contribution in [2.75, 3.05) is 5.32 Å². The summed E-state index contributed by atoms with van der Waals surface area (Å²) in [5, 5.41) is 5.44. The highest BCUT2D eigenvalue weighted by Crippen LogP contribution is 2.24. The SMILES string of the molecule is Cc1cccc(Oc2ccc(NC(=O)C3CCC(=O)N3)cc2)c1. The van der Waals surface area contributed by atoms with Crippen LogP contribution in [0.2, 0.25) is 0 Å². The molecule has 2 aromatic rings. The van der Waals surface area contributed by atoms with Crippen molar-refractivity contribution in [1.82, 2.24) is 5.32 Å². The van der Waals surface area contributed by atoms with Gasteiger partial charge in [-0.15, -0.1) is 0 Å². The third-order valence-electron chi connectivity index (χ3n) is 3.66. The molecule has 23 heavy (non-hydrogen) atoms. The van der Waals surface area contributed by atoms with Gasteiger partial charge in [0, 0.05) is 12.1 Å². The van der Waals surface area contributed by atoms with Crippen LogP contribution in [0.4, 0.5) is 5.69 Å². The second kappa shape index (κ2) is 6.52. The summed E-state index contributed by atoms with van der Waals surface area (Å²) in [5.74, 6) is 1.20. The Morgan fingerprint density at radius 1 is 1.17 bits per heavy atom. The molecule has 5 nitrogen and oxygen atoms in total. The zero-order valence-electron chi connectivity index (χ0n) is 12.8. The minimum atomic E-state index is -0.439. The summed E-state index contributed by atoms with van der Waals surface area (Å²) in [7, 11) is 0. The monoisotopic (exact) mass is 310 g/mol. The molecule has 1 fully saturated rings. The summed E-state index contributed by atoms with van der Waals surface area (Å²) < 4.78 is 5.76. The van der Waals surface area contributed by atoms with E-state index in [0.717, 1.165) is 11.3 Å². The fourth-order valence-corrected chi connectivity index (χ4v) is 2.46. The predicted octanol–water partition coefficient (Wildman–Crippen LogP) is 3.00. The summed E-state index contributed by atoms with van der Waals surface area (Å²) in [6.07, 6.45) is 0.945. The molecule has 0 spiro atoms. The van der Waals surface area contributed by atoms with E-state index in [1.807, 2.05) is 31.2 Å². The second-order valence-corrected chi connectivity index (χ2v) is 5.59. The third-order valence-corrected chi connectivity index (χ3v) is 3.66. The van der Waals surface area contributed by atoms with Gasteiger partial charge in [0.1, 0.15) is 17.5 Å². The van der Waals surface area contributed by atoms with Gasteiger partial charge in [-0.2, -0.15) is 0 Å². The van der Waals surface area contributed by atoms with Gasteiger partial charge in [-0.1, -0.05) is 12.1 Å². The number of hydrogen-bond donors (Lipinski definition) is 2. The molecule has 1 unspecified atom stereocenters. The van der Waals surface area contributed by atoms with Gasteiger partial charge in [0.15, 0.2) is 0 Å². The number of amides is 2. The molecule has 118 valence electrons. The van der Waals surface area contributed by atoms with E-state index in [-0.39, 0.29) is 11.8 Å². The van der Waals surface area contributed by atoms with Gasteiger partial charge in [0.25, 0.3) is 0 Å². The van der Waals surface area contributed by atoms with Crippen LogP contribution in [-0.4, -0.2) is 17.9 Å². The lowest BCUT2D eigenvalue weighted by atomic mass is 10.2. The van der Waals surface area contributed by atoms with Crippen LogP contribution in [0, 0.1) is 6.92 Å². The maximum atomic E-state index is 12.0. The van der Waals surface area contributed by atoms with Crippen molar-refractivity contribution in [2.45, 2.75) is 25.8 Å². The largest absolute Gasteiger partial charge is 0.457 e. The van der Waals surface area contributed by atoms with Crippen molar-refractivity contribution in [3.05, 3.63) is 54.1 Å². The van der Waals surface area contributed by atoms with Crippen LogP contribution in [-0.2, 0) is 9.59 Å². The van der Waals surface area contributed by atoms with Gasteiger partial charge in [0.05, 0.1) is 0 Å². The molecule has 2 N–H and O–H groups in total. The average Bonchev–Trinajstić information content (AvgIpc) is 2.96. The van der Waals surface area contributed by atoms with Crippen LogP contribution in [0.25, 0.3) is 0 Å². The summed E-state index contributed by atoms with van der Waals surface area (Å²) in [4.78, 5) is 23.2. The number of nitrogens with one attached hydrogen (secondary N) is 2. The van der Waals surface area contributed by atoms with Crippen molar-refractivity contribution in [3.8, 4) is 11.5 Å². The van der Waals surface area contributed by atoms with Crippen LogP contribution in [0.15, 0.2) is 48.5 Å². The number of anilines is 1. The zero-order chi connectivity index (χ0) is 16.2. The molecule has 2 amide bonds. The highest BCUT2D eigenvalue weighted by molar-refractivity contribution is 5.98. The Balaban J connectivity index is 1.60. The van der Waals surface area contributed by atoms with Crippen LogP contribution in [0.1, 0.15) is 18.4 Å². The number of carbonyl (C=O) groups excluding carboxylic acids is 2. The molecule has 1 aliphatic heterocycles. The molecule has 1 heterocycles. The van der Waals surface area contributed by atoms with Gasteiger partial charge in [0.2, 0.25) is 11.8 Å². The van der Waals surface area contributed by atoms with Gasteiger partial charge in [-0.05, 0) is 55.3 Å². The smallest absolute Gasteiger partial charge is 0.246 e. The van der Waals surface area contributed by atoms with Crippen molar-refractivity contribution < 1.29 is 14.3 Å². The molecular weight excluding hydrogens is 292 g/mol. The molecule has 1 aliphatic rings. The minimum Gasteiger partial charge on any atom is -0.457 e. The zero-order valence-corrected chi connectivity index (χ0v) is 12.8. The van der Waals surface area contributed by atoms with E-state index in [1.54, 1.807) is 24.3 Å². The number of aryl methyl sites for hydroxylation is 1. The van der Waals surface area contributed by atoms with Crippen molar-refractivity contribution in [3.63, 3.8) is 0 Å². The number of ether oxygens (including phenoxy) is 1. The van der Waals surface area contributed by atoms with Crippen molar-refractivity contribution in [1.29, 1.82) is 0 Å². The lowest BCUT2D eigenvalue weighted by molar-refractivity contribution is -0.122. The van der Waals surface area contributed by atoms with E-state index in [2.05, 4.69) is 10.6 Å². The van der Waals surface area contributed by atoms with Crippen LogP contribution in [0.5, 0.6) is 11.5 Å². The number of rotatable bonds is 4. The number of benzene rings is 2. The molecular formula is C18H18N2O3. The van der Waals surface area contributed by atoms with E-state index in [1.165, 1.54) is 0 Å². The van der Waals surface area contributed by atoms with E-state index in [0.29, 0.717) is 24.3 Å². The van der Waals surface area contributed by atoms with E-state index >= 15 is 0 Å². The van der Waals surface area contributed by atoms with Gasteiger partial charge < -0.3 is 15.4 Å². The van der Waals surface area contributed by atoms with Gasteiger partial charge in [-0.25, -0.2) is 0 Å². The highest BCUT2D eigenvalue weighted by atomic mass is 16.5. The minimum absolute atomic E-state index is 0.0768. The number of hydrogen-bond acceptors (Lipinski definition) is 3. The van der Waals surface area contributed by atoms with Crippen LogP contribution >= 0.6 is 0 Å². The van der Waals surface area contributed by atoms with Crippen LogP contribution in [0.3, 0.4) is 0 Å². The highest BCUT2D eigenvalue weighted by Gasteiger charge is 2.26. The summed E-state index contributed by atoms with van der Waals surface area (Å²) in [6.45, 7) is 2.01. The molecule has 0 saturated carbocycles. The van der Waals surface area contributed by atoms with Crippen LogP contribution < -0.4 is 15.4 Å². The summed E-state index contributed by atoms with van der Waals surface area (Å²) in [6, 6.07) is 14.5. The molecule has 2 aromatic carbocycles. The molecule has 1 saturated heterocycles. The molecule has 1 atom stereocenters. The molecule has 0 aliphatic carbocycles. The fourth-order valence-electron chi connectivity index (χ4n) is 2.46. The Hall–Kier alpha value is -2.82. The van der Waals surface area contributed by atoms with Gasteiger partial charge in [-0.3, -0.25) is 9.59 Å². The lowest BCUT2D eigenvalue weighted by Crippen LogP contribution is -2.37. The number of carbonyl (C=O) groups is 2. The topological polar surface area (TPSA) is 67.4 Å². The molecule has 0 radical (unpaired) electrons. The standard InChI is InChI=1S/C18H18N2O3/c1-12-3-2-4-15(11-12)23-14-7-5-13(6-8-14)19-18(22)16-9-10-17(21)20-16/h2-8,11,16H,9-10H2,1H3,(H,19,22)(H,20,21). The normalized spacial score (nSPS) is 16.7. The first kappa shape index (κ1) is 15.1. The van der Waals surface area contributed by atoms with Crippen molar-refractivity contribution >= 4 is 17.5 Å². The maximum Gasteiger partial charge on any atom is 0.246 e. The Labute approximate surface area is 134 Å². The molecule has 0 aromatic heterocycles. The van der Waals surface area contributed by atoms with E-state index < -0.39 is 6.04 Å². The Bertz CT molecular complexity index is 725. The maximum absolute atomic E-state index is 12.0. The lowest BCUT2D eigenvalue weighted by Gasteiger charge is -2.11. The Kier molecular flexibility index (Phi) is 4.28. The quantitative estimate of drug-likeness (QED) is 0.912.